The first-order chi connectivity index (χ1) is 6.68. The molecule has 0 heteroatoms. The minimum absolute atomic E-state index is 0. The summed E-state index contributed by atoms with van der Waals surface area (Å²) >= 11 is 0. The Morgan fingerprint density at radius 3 is 0.938 bits per heavy atom. The van der Waals surface area contributed by atoms with E-state index in [1.807, 2.05) is 0 Å². The van der Waals surface area contributed by atoms with Gasteiger partial charge in [0.15, 0.2) is 0 Å². The molecule has 0 aliphatic heterocycles. The number of rotatable bonds is 4. The highest BCUT2D eigenvalue weighted by atomic mass is 14.1. The van der Waals surface area contributed by atoms with Gasteiger partial charge >= 0.3 is 0 Å². The van der Waals surface area contributed by atoms with Gasteiger partial charge in [-0.15, -0.1) is 0 Å². The van der Waals surface area contributed by atoms with Crippen molar-refractivity contribution in [1.29, 1.82) is 0 Å². The minimum Gasteiger partial charge on any atom is -0.0776 e. The summed E-state index contributed by atoms with van der Waals surface area (Å²) < 4.78 is 0. The molecule has 0 spiro atoms. The van der Waals surface area contributed by atoms with Crippen molar-refractivity contribution in [1.82, 2.24) is 0 Å². The van der Waals surface area contributed by atoms with Crippen LogP contribution in [0.4, 0.5) is 0 Å². The van der Waals surface area contributed by atoms with Gasteiger partial charge in [0.2, 0.25) is 0 Å². The van der Waals surface area contributed by atoms with E-state index < -0.39 is 0 Å². The molecule has 0 amide bonds. The fraction of sp³-hybridized carbons (Fsp3) is 1.00. The molecule has 102 valence electrons. The Labute approximate surface area is 106 Å². The van der Waals surface area contributed by atoms with Crippen molar-refractivity contribution in [2.24, 2.45) is 29.6 Å². The van der Waals surface area contributed by atoms with Crippen LogP contribution in [-0.4, -0.2) is 0 Å². The van der Waals surface area contributed by atoms with Crippen LogP contribution in [0.3, 0.4) is 0 Å². The lowest BCUT2D eigenvalue weighted by molar-refractivity contribution is 0.344. The molecule has 0 aromatic heterocycles. The van der Waals surface area contributed by atoms with Crippen molar-refractivity contribution >= 4 is 0 Å². The van der Waals surface area contributed by atoms with Gasteiger partial charge in [0, 0.05) is 0 Å². The van der Waals surface area contributed by atoms with E-state index in [4.69, 9.17) is 0 Å². The highest BCUT2D eigenvalue weighted by Crippen LogP contribution is 2.18. The van der Waals surface area contributed by atoms with Crippen LogP contribution in [0.2, 0.25) is 0 Å². The average molecular weight is 230 g/mol. The van der Waals surface area contributed by atoms with Crippen LogP contribution in [0.25, 0.3) is 0 Å². The molecule has 0 saturated carbocycles. The van der Waals surface area contributed by atoms with Gasteiger partial charge in [0.1, 0.15) is 0 Å². The summed E-state index contributed by atoms with van der Waals surface area (Å²) in [5.41, 5.74) is 0. The van der Waals surface area contributed by atoms with Gasteiger partial charge in [0.25, 0.3) is 0 Å². The van der Waals surface area contributed by atoms with Crippen LogP contribution in [-0.2, 0) is 0 Å². The van der Waals surface area contributed by atoms with Gasteiger partial charge in [-0.2, -0.15) is 0 Å². The second-order valence-corrected chi connectivity index (χ2v) is 6.34. The van der Waals surface area contributed by atoms with Gasteiger partial charge in [-0.25, -0.2) is 0 Å². The van der Waals surface area contributed by atoms with E-state index in [1.54, 1.807) is 0 Å². The van der Waals surface area contributed by atoms with Gasteiger partial charge < -0.3 is 0 Å². The molecule has 0 radical (unpaired) electrons. The zero-order valence-corrected chi connectivity index (χ0v) is 12.6. The highest BCUT2D eigenvalue weighted by Gasteiger charge is 2.07. The van der Waals surface area contributed by atoms with Crippen molar-refractivity contribution < 1.29 is 0 Å². The quantitative estimate of drug-likeness (QED) is 0.535. The lowest BCUT2D eigenvalue weighted by atomic mass is 9.90. The third kappa shape index (κ3) is 16.4. The van der Waals surface area contributed by atoms with Crippen molar-refractivity contribution in [3.8, 4) is 0 Å². The molecule has 0 fully saturated rings. The Hall–Kier alpha value is 0. The Morgan fingerprint density at radius 2 is 0.875 bits per heavy atom. The molecule has 0 saturated heterocycles. The van der Waals surface area contributed by atoms with Crippen LogP contribution in [0.1, 0.15) is 76.2 Å². The Kier molecular flexibility index (Phi) is 15.3. The maximum Gasteiger partial charge on any atom is -0.0417 e. The smallest absolute Gasteiger partial charge is 0.0417 e. The van der Waals surface area contributed by atoms with E-state index in [1.165, 1.54) is 6.42 Å². The SMILES string of the molecule is C.CC(C)C(C)C.CC(C)CC(C)C(C)C. The maximum absolute atomic E-state index is 2.34. The fourth-order valence-electron chi connectivity index (χ4n) is 1.02. The second kappa shape index (κ2) is 11.5. The van der Waals surface area contributed by atoms with Crippen molar-refractivity contribution in [2.75, 3.05) is 0 Å². The molecule has 0 N–H and O–H groups in total. The molecule has 1 unspecified atom stereocenters. The summed E-state index contributed by atoms with van der Waals surface area (Å²) in [4.78, 5) is 0. The molecule has 0 bridgehead atoms. The average Bonchev–Trinajstić information content (AvgIpc) is 2.03. The molecule has 0 aliphatic carbocycles. The maximum atomic E-state index is 2.34. The molecule has 0 nitrogen and oxygen atoms in total. The predicted octanol–water partition coefficient (Wildman–Crippen LogP) is 6.26. The summed E-state index contributed by atoms with van der Waals surface area (Å²) in [6, 6.07) is 0. The van der Waals surface area contributed by atoms with E-state index in [9.17, 15) is 0 Å². The zero-order valence-electron chi connectivity index (χ0n) is 12.6. The minimum atomic E-state index is 0. The van der Waals surface area contributed by atoms with Crippen molar-refractivity contribution in [3.05, 3.63) is 0 Å². The topological polar surface area (TPSA) is 0 Å². The monoisotopic (exact) mass is 230 g/mol. The highest BCUT2D eigenvalue weighted by molar-refractivity contribution is 4.58. The van der Waals surface area contributed by atoms with Crippen molar-refractivity contribution in [2.45, 2.75) is 76.2 Å². The number of hydrogen-bond acceptors (Lipinski definition) is 0. The first kappa shape index (κ1) is 21.3. The molecule has 0 aliphatic rings. The van der Waals surface area contributed by atoms with Crippen LogP contribution in [0.15, 0.2) is 0 Å². The largest absolute Gasteiger partial charge is 0.0776 e. The van der Waals surface area contributed by atoms with E-state index in [2.05, 4.69) is 62.3 Å². The van der Waals surface area contributed by atoms with Crippen LogP contribution < -0.4 is 0 Å². The molecular formula is C16H38. The predicted molar refractivity (Wildman–Crippen MR) is 79.9 cm³/mol. The van der Waals surface area contributed by atoms with Gasteiger partial charge in [-0.1, -0.05) is 69.7 Å². The second-order valence-electron chi connectivity index (χ2n) is 6.34. The number of hydrogen-bond donors (Lipinski definition) is 0. The van der Waals surface area contributed by atoms with Crippen LogP contribution >= 0.6 is 0 Å². The third-order valence-corrected chi connectivity index (χ3v) is 3.31. The van der Waals surface area contributed by atoms with E-state index in [0.29, 0.717) is 0 Å². The Morgan fingerprint density at radius 1 is 0.562 bits per heavy atom. The summed E-state index contributed by atoms with van der Waals surface area (Å²) in [5.74, 6) is 4.31. The first-order valence-corrected chi connectivity index (χ1v) is 6.68. The summed E-state index contributed by atoms with van der Waals surface area (Å²) in [7, 11) is 0. The lowest BCUT2D eigenvalue weighted by Crippen LogP contribution is -2.06. The Balaban J connectivity index is -0.000000214. The van der Waals surface area contributed by atoms with E-state index in [0.717, 1.165) is 29.6 Å². The summed E-state index contributed by atoms with van der Waals surface area (Å²) in [6.45, 7) is 20.5. The lowest BCUT2D eigenvalue weighted by Gasteiger charge is -2.16. The standard InChI is InChI=1S/C9H20.C6H14.CH4/c1-7(2)6-9(5)8(3)4;1-5(2)6(3)4;/h7-9H,6H2,1-5H3;5-6H,1-4H3;1H4. The molecule has 0 heterocycles. The first-order valence-electron chi connectivity index (χ1n) is 6.68. The molecule has 0 rings (SSSR count). The van der Waals surface area contributed by atoms with Gasteiger partial charge in [-0.3, -0.25) is 0 Å². The molecular weight excluding hydrogens is 192 g/mol. The van der Waals surface area contributed by atoms with Gasteiger partial charge in [-0.05, 0) is 36.0 Å². The normalized spacial score (nSPS) is 12.6. The van der Waals surface area contributed by atoms with E-state index >= 15 is 0 Å². The molecule has 0 aromatic carbocycles. The molecule has 1 atom stereocenters. The summed E-state index contributed by atoms with van der Waals surface area (Å²) in [6.07, 6.45) is 1.37. The van der Waals surface area contributed by atoms with Crippen LogP contribution in [0.5, 0.6) is 0 Å². The molecule has 16 heavy (non-hydrogen) atoms. The van der Waals surface area contributed by atoms with E-state index in [-0.39, 0.29) is 7.43 Å². The van der Waals surface area contributed by atoms with Crippen molar-refractivity contribution in [3.63, 3.8) is 0 Å². The fourth-order valence-corrected chi connectivity index (χ4v) is 1.02. The van der Waals surface area contributed by atoms with Gasteiger partial charge in [0.05, 0.1) is 0 Å². The summed E-state index contributed by atoms with van der Waals surface area (Å²) in [5, 5.41) is 0. The Bertz CT molecular complexity index is 114. The third-order valence-electron chi connectivity index (χ3n) is 3.31. The molecule has 0 aromatic rings. The van der Waals surface area contributed by atoms with Crippen LogP contribution in [0, 0.1) is 29.6 Å². The zero-order chi connectivity index (χ0) is 12.6.